The van der Waals surface area contributed by atoms with Crippen molar-refractivity contribution in [1.82, 2.24) is 0 Å². The Morgan fingerprint density at radius 3 is 2.00 bits per heavy atom. The maximum atomic E-state index is 11.9. The fraction of sp³-hybridized carbons (Fsp3) is 0. The first-order chi connectivity index (χ1) is 8.08. The first-order valence-electron chi connectivity index (χ1n) is 4.93. The standard InChI is InChI=1S/C12H10NO3S/c14-11-6-8-12(9-7-11)17(15,16)13-10-4-2-1-3-5-10/h1-9,13H. The van der Waals surface area contributed by atoms with Gasteiger partial charge in [-0.2, -0.15) is 0 Å². The summed E-state index contributed by atoms with van der Waals surface area (Å²) in [6.45, 7) is 0. The predicted octanol–water partition coefficient (Wildman–Crippen LogP) is 2.63. The summed E-state index contributed by atoms with van der Waals surface area (Å²) in [5.41, 5.74) is 0.485. The molecule has 0 aliphatic rings. The van der Waals surface area contributed by atoms with Crippen molar-refractivity contribution >= 4 is 15.7 Å². The van der Waals surface area contributed by atoms with E-state index in [2.05, 4.69) is 4.72 Å². The van der Waals surface area contributed by atoms with Crippen molar-refractivity contribution in [2.75, 3.05) is 4.72 Å². The van der Waals surface area contributed by atoms with Gasteiger partial charge in [-0.05, 0) is 36.4 Å². The number of hydrogen-bond acceptors (Lipinski definition) is 2. The minimum absolute atomic E-state index is 0.0703. The first-order valence-corrected chi connectivity index (χ1v) is 6.41. The lowest BCUT2D eigenvalue weighted by molar-refractivity contribution is 0.354. The van der Waals surface area contributed by atoms with Crippen molar-refractivity contribution in [3.05, 3.63) is 54.6 Å². The third-order valence-electron chi connectivity index (χ3n) is 2.16. The summed E-state index contributed by atoms with van der Waals surface area (Å²) in [6, 6.07) is 13.6. The van der Waals surface area contributed by atoms with Crippen LogP contribution in [0.4, 0.5) is 5.69 Å². The van der Waals surface area contributed by atoms with E-state index in [0.29, 0.717) is 5.69 Å². The lowest BCUT2D eigenvalue weighted by Gasteiger charge is -2.07. The SMILES string of the molecule is [O]c1ccc(S(=O)(=O)Nc2ccccc2)cc1. The van der Waals surface area contributed by atoms with E-state index in [9.17, 15) is 13.5 Å². The van der Waals surface area contributed by atoms with Gasteiger partial charge in [0.05, 0.1) is 4.90 Å². The van der Waals surface area contributed by atoms with Gasteiger partial charge in [-0.1, -0.05) is 18.2 Å². The number of anilines is 1. The molecule has 0 atom stereocenters. The minimum atomic E-state index is -3.62. The second kappa shape index (κ2) is 4.47. The van der Waals surface area contributed by atoms with Gasteiger partial charge >= 0.3 is 0 Å². The number of rotatable bonds is 3. The molecule has 1 N–H and O–H groups in total. The number of sulfonamides is 1. The van der Waals surface area contributed by atoms with Crippen LogP contribution in [0, 0.1) is 0 Å². The van der Waals surface area contributed by atoms with Gasteiger partial charge in [-0.25, -0.2) is 8.42 Å². The van der Waals surface area contributed by atoms with Crippen LogP contribution in [-0.4, -0.2) is 8.42 Å². The summed E-state index contributed by atoms with van der Waals surface area (Å²) in [4.78, 5) is 0.0703. The zero-order valence-electron chi connectivity index (χ0n) is 8.83. The van der Waals surface area contributed by atoms with Crippen LogP contribution in [0.5, 0.6) is 5.75 Å². The second-order valence-electron chi connectivity index (χ2n) is 3.44. The molecule has 0 bridgehead atoms. The van der Waals surface area contributed by atoms with E-state index in [-0.39, 0.29) is 10.6 Å². The third kappa shape index (κ3) is 2.76. The monoisotopic (exact) mass is 248 g/mol. The summed E-state index contributed by atoms with van der Waals surface area (Å²) in [5, 5.41) is 10.9. The normalized spacial score (nSPS) is 11.1. The summed E-state index contributed by atoms with van der Waals surface area (Å²) >= 11 is 0. The van der Waals surface area contributed by atoms with Crippen LogP contribution < -0.4 is 4.72 Å². The van der Waals surface area contributed by atoms with Gasteiger partial charge in [0.1, 0.15) is 0 Å². The maximum absolute atomic E-state index is 11.9. The average Bonchev–Trinajstić information content (AvgIpc) is 2.30. The lowest BCUT2D eigenvalue weighted by atomic mass is 10.3. The molecule has 2 rings (SSSR count). The van der Waals surface area contributed by atoms with Gasteiger partial charge in [0.2, 0.25) is 0 Å². The Hall–Kier alpha value is -2.01. The van der Waals surface area contributed by atoms with Gasteiger partial charge in [0.25, 0.3) is 10.0 Å². The molecule has 1 radical (unpaired) electrons. The highest BCUT2D eigenvalue weighted by Gasteiger charge is 2.13. The highest BCUT2D eigenvalue weighted by molar-refractivity contribution is 7.92. The van der Waals surface area contributed by atoms with Gasteiger partial charge in [0.15, 0.2) is 5.75 Å². The zero-order valence-corrected chi connectivity index (χ0v) is 9.65. The van der Waals surface area contributed by atoms with Crippen LogP contribution in [0.3, 0.4) is 0 Å². The van der Waals surface area contributed by atoms with Gasteiger partial charge in [-0.3, -0.25) is 9.83 Å². The lowest BCUT2D eigenvalue weighted by Crippen LogP contribution is -2.12. The van der Waals surface area contributed by atoms with Crippen LogP contribution in [0.15, 0.2) is 59.5 Å². The molecule has 87 valence electrons. The van der Waals surface area contributed by atoms with E-state index in [4.69, 9.17) is 0 Å². The molecular weight excluding hydrogens is 238 g/mol. The average molecular weight is 248 g/mol. The smallest absolute Gasteiger partial charge is 0.261 e. The van der Waals surface area contributed by atoms with Crippen molar-refractivity contribution in [3.8, 4) is 5.75 Å². The van der Waals surface area contributed by atoms with Crippen LogP contribution in [-0.2, 0) is 15.1 Å². The van der Waals surface area contributed by atoms with Gasteiger partial charge in [0, 0.05) is 5.69 Å². The molecule has 17 heavy (non-hydrogen) atoms. The molecule has 2 aromatic carbocycles. The molecule has 0 saturated heterocycles. The summed E-state index contributed by atoms with van der Waals surface area (Å²) in [6.07, 6.45) is 0. The second-order valence-corrected chi connectivity index (χ2v) is 5.13. The number of nitrogens with one attached hydrogen (secondary N) is 1. The molecule has 0 aliphatic carbocycles. The molecule has 0 saturated carbocycles. The Morgan fingerprint density at radius 1 is 0.824 bits per heavy atom. The molecule has 0 aliphatic heterocycles. The molecule has 0 spiro atoms. The molecule has 0 unspecified atom stereocenters. The largest absolute Gasteiger partial charge is 0.290 e. The molecule has 4 nitrogen and oxygen atoms in total. The van der Waals surface area contributed by atoms with Gasteiger partial charge < -0.3 is 0 Å². The predicted molar refractivity (Wildman–Crippen MR) is 63.8 cm³/mol. The van der Waals surface area contributed by atoms with Crippen molar-refractivity contribution < 1.29 is 13.5 Å². The van der Waals surface area contributed by atoms with E-state index in [1.54, 1.807) is 30.3 Å². The quantitative estimate of drug-likeness (QED) is 0.907. The van der Waals surface area contributed by atoms with Crippen molar-refractivity contribution in [3.63, 3.8) is 0 Å². The van der Waals surface area contributed by atoms with Crippen LogP contribution in [0.2, 0.25) is 0 Å². The Balaban J connectivity index is 2.29. The molecule has 0 aromatic heterocycles. The fourth-order valence-corrected chi connectivity index (χ4v) is 2.40. The van der Waals surface area contributed by atoms with Crippen molar-refractivity contribution in [1.29, 1.82) is 0 Å². The molecule has 0 amide bonds. The highest BCUT2D eigenvalue weighted by Crippen LogP contribution is 2.18. The van der Waals surface area contributed by atoms with Gasteiger partial charge in [-0.15, -0.1) is 0 Å². The van der Waals surface area contributed by atoms with Crippen LogP contribution in [0.25, 0.3) is 0 Å². The molecule has 0 heterocycles. The van der Waals surface area contributed by atoms with Crippen LogP contribution >= 0.6 is 0 Å². The molecule has 5 heteroatoms. The number of hydrogen-bond donors (Lipinski definition) is 1. The first kappa shape index (κ1) is 11.5. The fourth-order valence-electron chi connectivity index (χ4n) is 1.34. The van der Waals surface area contributed by atoms with E-state index < -0.39 is 10.0 Å². The Labute approximate surface area is 99.6 Å². The molecular formula is C12H10NO3S. The van der Waals surface area contributed by atoms with E-state index in [1.165, 1.54) is 24.3 Å². The Morgan fingerprint density at radius 2 is 1.41 bits per heavy atom. The molecule has 0 fully saturated rings. The Bertz CT molecular complexity index is 591. The van der Waals surface area contributed by atoms with E-state index >= 15 is 0 Å². The minimum Gasteiger partial charge on any atom is -0.290 e. The zero-order chi connectivity index (χ0) is 12.3. The van der Waals surface area contributed by atoms with E-state index in [0.717, 1.165) is 0 Å². The topological polar surface area (TPSA) is 66.1 Å². The Kier molecular flexibility index (Phi) is 3.01. The summed E-state index contributed by atoms with van der Waals surface area (Å²) in [7, 11) is -3.62. The number of benzene rings is 2. The molecule has 2 aromatic rings. The van der Waals surface area contributed by atoms with Crippen molar-refractivity contribution in [2.24, 2.45) is 0 Å². The van der Waals surface area contributed by atoms with Crippen LogP contribution in [0.1, 0.15) is 0 Å². The third-order valence-corrected chi connectivity index (χ3v) is 3.56. The van der Waals surface area contributed by atoms with E-state index in [1.807, 2.05) is 0 Å². The number of para-hydroxylation sites is 1. The van der Waals surface area contributed by atoms with Crippen molar-refractivity contribution in [2.45, 2.75) is 4.90 Å². The summed E-state index contributed by atoms with van der Waals surface area (Å²) < 4.78 is 26.2. The highest BCUT2D eigenvalue weighted by atomic mass is 32.2. The maximum Gasteiger partial charge on any atom is 0.261 e. The summed E-state index contributed by atoms with van der Waals surface area (Å²) in [5.74, 6) is -0.219.